The molecule has 0 aliphatic heterocycles. The smallest absolute Gasteiger partial charge is 0.0803 e. The van der Waals surface area contributed by atoms with Crippen LogP contribution in [0.2, 0.25) is 18.1 Å². The maximum atomic E-state index is 2.50. The lowest BCUT2D eigenvalue weighted by Crippen LogP contribution is -2.34. The second-order valence-corrected chi connectivity index (χ2v) is 9.16. The minimum absolute atomic E-state index is 1.01. The third-order valence-electron chi connectivity index (χ3n) is 3.54. The first-order valence-corrected chi connectivity index (χ1v) is 8.52. The Morgan fingerprint density at radius 3 is 1.62 bits per heavy atom. The molecule has 1 heteroatoms. The Kier molecular flexibility index (Phi) is 6.40. The van der Waals surface area contributed by atoms with Crippen LogP contribution in [-0.2, 0) is 0 Å². The van der Waals surface area contributed by atoms with Gasteiger partial charge in [-0.05, 0) is 12.8 Å². The van der Waals surface area contributed by atoms with Crippen LogP contribution in [0.4, 0.5) is 0 Å². The third-order valence-corrected chi connectivity index (χ3v) is 9.52. The highest BCUT2D eigenvalue weighted by Crippen LogP contribution is 2.30. The molecule has 0 nitrogen and oxygen atoms in total. The highest BCUT2D eigenvalue weighted by molar-refractivity contribution is 6.86. The molecule has 0 unspecified atom stereocenters. The van der Waals surface area contributed by atoms with Crippen molar-refractivity contribution in [1.29, 1.82) is 0 Å². The first-order chi connectivity index (χ1) is 6.20. The van der Waals surface area contributed by atoms with Crippen molar-refractivity contribution < 1.29 is 0 Å². The summed E-state index contributed by atoms with van der Waals surface area (Å²) in [6.07, 6.45) is 5.01. The Morgan fingerprint density at radius 1 is 0.923 bits per heavy atom. The van der Waals surface area contributed by atoms with Crippen LogP contribution < -0.4 is 0 Å². The first-order valence-electron chi connectivity index (χ1n) is 5.90. The Balaban J connectivity index is 4.76. The van der Waals surface area contributed by atoms with E-state index >= 15 is 0 Å². The Morgan fingerprint density at radius 2 is 1.38 bits per heavy atom. The molecule has 78 valence electrons. The standard InChI is InChI=1S/C12H26Si/c1-6-11-12(7-2)13(8-3,9-4)10-5/h11H,6-10H2,1-5H3/b12-11+. The maximum absolute atomic E-state index is 2.50. The minimum atomic E-state index is -1.01. The largest absolute Gasteiger partial charge is 0.0894 e. The van der Waals surface area contributed by atoms with Crippen LogP contribution in [-0.4, -0.2) is 8.07 Å². The third kappa shape index (κ3) is 2.98. The van der Waals surface area contributed by atoms with E-state index in [2.05, 4.69) is 40.7 Å². The number of allylic oxidation sites excluding steroid dienone is 2. The van der Waals surface area contributed by atoms with Crippen LogP contribution in [0, 0.1) is 0 Å². The summed E-state index contributed by atoms with van der Waals surface area (Å²) in [6, 6.07) is 4.29. The van der Waals surface area contributed by atoms with Crippen molar-refractivity contribution in [2.45, 2.75) is 65.6 Å². The summed E-state index contributed by atoms with van der Waals surface area (Å²) in [6.45, 7) is 11.7. The van der Waals surface area contributed by atoms with Gasteiger partial charge in [-0.1, -0.05) is 64.0 Å². The monoisotopic (exact) mass is 198 g/mol. The molecule has 0 aromatic carbocycles. The zero-order chi connectivity index (χ0) is 10.3. The van der Waals surface area contributed by atoms with E-state index in [1.54, 1.807) is 0 Å². The van der Waals surface area contributed by atoms with Crippen molar-refractivity contribution >= 4 is 8.07 Å². The molecule has 0 aromatic heterocycles. The van der Waals surface area contributed by atoms with Crippen molar-refractivity contribution in [3.63, 3.8) is 0 Å². The van der Waals surface area contributed by atoms with Gasteiger partial charge in [0.15, 0.2) is 0 Å². The van der Waals surface area contributed by atoms with Crippen molar-refractivity contribution in [2.24, 2.45) is 0 Å². The Bertz CT molecular complexity index is 146. The van der Waals surface area contributed by atoms with E-state index in [-0.39, 0.29) is 0 Å². The topological polar surface area (TPSA) is 0 Å². The number of hydrogen-bond acceptors (Lipinski definition) is 0. The zero-order valence-corrected chi connectivity index (χ0v) is 11.1. The lowest BCUT2D eigenvalue weighted by molar-refractivity contribution is 1.06. The van der Waals surface area contributed by atoms with Gasteiger partial charge in [-0.25, -0.2) is 0 Å². The number of hydrogen-bond donors (Lipinski definition) is 0. The van der Waals surface area contributed by atoms with Crippen LogP contribution in [0.3, 0.4) is 0 Å². The number of rotatable bonds is 6. The Labute approximate surface area is 85.4 Å². The molecule has 0 atom stereocenters. The molecule has 0 heterocycles. The molecule has 0 aliphatic carbocycles. The fraction of sp³-hybridized carbons (Fsp3) is 0.833. The van der Waals surface area contributed by atoms with Gasteiger partial charge >= 0.3 is 0 Å². The van der Waals surface area contributed by atoms with Gasteiger partial charge in [-0.15, -0.1) is 0 Å². The van der Waals surface area contributed by atoms with Gasteiger partial charge in [0.25, 0.3) is 0 Å². The highest BCUT2D eigenvalue weighted by Gasteiger charge is 2.29. The summed E-state index contributed by atoms with van der Waals surface area (Å²) in [5.41, 5.74) is 0. The summed E-state index contributed by atoms with van der Waals surface area (Å²) in [4.78, 5) is 0. The van der Waals surface area contributed by atoms with Crippen molar-refractivity contribution in [3.05, 3.63) is 11.3 Å². The summed E-state index contributed by atoms with van der Waals surface area (Å²) >= 11 is 0. The quantitative estimate of drug-likeness (QED) is 0.539. The molecule has 0 radical (unpaired) electrons. The molecule has 0 amide bonds. The predicted octanol–water partition coefficient (Wildman–Crippen LogP) is 4.78. The SMILES string of the molecule is CC/C=C(\CC)[Si](CC)(CC)CC. The van der Waals surface area contributed by atoms with Gasteiger partial charge in [-0.2, -0.15) is 0 Å². The van der Waals surface area contributed by atoms with Gasteiger partial charge in [-0.3, -0.25) is 0 Å². The molecule has 0 N–H and O–H groups in total. The van der Waals surface area contributed by atoms with Gasteiger partial charge in [0, 0.05) is 0 Å². The summed E-state index contributed by atoms with van der Waals surface area (Å²) < 4.78 is 0. The first kappa shape index (κ1) is 13.0. The van der Waals surface area contributed by atoms with Crippen molar-refractivity contribution in [1.82, 2.24) is 0 Å². The molecule has 0 aromatic rings. The summed E-state index contributed by atoms with van der Waals surface area (Å²) in [5, 5.41) is 1.82. The molecule has 0 rings (SSSR count). The normalized spacial score (nSPS) is 13.5. The van der Waals surface area contributed by atoms with Gasteiger partial charge in [0.1, 0.15) is 0 Å². The zero-order valence-electron chi connectivity index (χ0n) is 10.1. The predicted molar refractivity (Wildman–Crippen MR) is 65.9 cm³/mol. The van der Waals surface area contributed by atoms with E-state index in [1.807, 2.05) is 5.20 Å². The minimum Gasteiger partial charge on any atom is -0.0894 e. The van der Waals surface area contributed by atoms with Crippen molar-refractivity contribution in [3.8, 4) is 0 Å². The molecule has 0 spiro atoms. The van der Waals surface area contributed by atoms with E-state index in [0.29, 0.717) is 0 Å². The summed E-state index contributed by atoms with van der Waals surface area (Å²) in [7, 11) is -1.01. The highest BCUT2D eigenvalue weighted by atomic mass is 28.3. The van der Waals surface area contributed by atoms with Crippen LogP contribution >= 0.6 is 0 Å². The Hall–Kier alpha value is -0.0431. The lowest BCUT2D eigenvalue weighted by atomic mass is 10.3. The van der Waals surface area contributed by atoms with E-state index in [9.17, 15) is 0 Å². The molecule has 0 bridgehead atoms. The van der Waals surface area contributed by atoms with Crippen LogP contribution in [0.1, 0.15) is 47.5 Å². The molecule has 0 fully saturated rings. The second kappa shape index (κ2) is 6.42. The fourth-order valence-corrected chi connectivity index (χ4v) is 6.66. The molecule has 0 aliphatic rings. The summed E-state index contributed by atoms with van der Waals surface area (Å²) in [5.74, 6) is 0. The molecule has 0 saturated carbocycles. The van der Waals surface area contributed by atoms with E-state index < -0.39 is 8.07 Å². The maximum Gasteiger partial charge on any atom is 0.0803 e. The van der Waals surface area contributed by atoms with Crippen LogP contribution in [0.5, 0.6) is 0 Å². The second-order valence-electron chi connectivity index (χ2n) is 3.83. The molecule has 13 heavy (non-hydrogen) atoms. The van der Waals surface area contributed by atoms with Crippen molar-refractivity contribution in [2.75, 3.05) is 0 Å². The van der Waals surface area contributed by atoms with Gasteiger partial charge in [0.2, 0.25) is 0 Å². The molecular weight excluding hydrogens is 172 g/mol. The average molecular weight is 198 g/mol. The van der Waals surface area contributed by atoms with Crippen LogP contribution in [0.25, 0.3) is 0 Å². The van der Waals surface area contributed by atoms with E-state index in [1.165, 1.54) is 31.0 Å². The molecule has 0 saturated heterocycles. The van der Waals surface area contributed by atoms with E-state index in [4.69, 9.17) is 0 Å². The average Bonchev–Trinajstić information content (AvgIpc) is 2.19. The van der Waals surface area contributed by atoms with Crippen LogP contribution in [0.15, 0.2) is 11.3 Å². The fourth-order valence-electron chi connectivity index (χ4n) is 2.41. The van der Waals surface area contributed by atoms with Gasteiger partial charge in [0.05, 0.1) is 8.07 Å². The van der Waals surface area contributed by atoms with Gasteiger partial charge < -0.3 is 0 Å². The lowest BCUT2D eigenvalue weighted by Gasteiger charge is -2.31. The van der Waals surface area contributed by atoms with E-state index in [0.717, 1.165) is 0 Å². The molecular formula is C12H26Si.